The fraction of sp³-hybridized carbons (Fsp3) is 0.727. The standard InChI is InChI=1S/C22H32FN/c1-15(2)19-4-5-20(21(23)9-19)13-24(3)14-22-10-16-6-17(11-22)8-18(7-16)12-22/h4-5,9,15-18H,6-8,10-14H2,1-3H3. The van der Waals surface area contributed by atoms with Gasteiger partial charge >= 0.3 is 0 Å². The number of nitrogens with zero attached hydrogens (tertiary/aromatic N) is 1. The molecule has 0 spiro atoms. The zero-order valence-corrected chi connectivity index (χ0v) is 15.5. The lowest BCUT2D eigenvalue weighted by atomic mass is 9.49. The molecule has 0 saturated heterocycles. The Hall–Kier alpha value is -0.890. The monoisotopic (exact) mass is 329 g/mol. The van der Waals surface area contributed by atoms with E-state index in [9.17, 15) is 4.39 Å². The molecule has 4 bridgehead atoms. The summed E-state index contributed by atoms with van der Waals surface area (Å²) in [7, 11) is 2.19. The largest absolute Gasteiger partial charge is 0.301 e. The van der Waals surface area contributed by atoms with Crippen LogP contribution in [0.5, 0.6) is 0 Å². The summed E-state index contributed by atoms with van der Waals surface area (Å²) in [6.07, 6.45) is 8.77. The molecule has 1 nitrogen and oxygen atoms in total. The Balaban J connectivity index is 1.43. The molecule has 0 unspecified atom stereocenters. The molecular formula is C22H32FN. The molecule has 0 heterocycles. The summed E-state index contributed by atoms with van der Waals surface area (Å²) in [6.45, 7) is 6.13. The van der Waals surface area contributed by atoms with E-state index in [4.69, 9.17) is 0 Å². The molecule has 4 fully saturated rings. The fourth-order valence-electron chi connectivity index (χ4n) is 6.45. The molecule has 5 rings (SSSR count). The Bertz CT molecular complexity index is 571. The van der Waals surface area contributed by atoms with E-state index in [0.29, 0.717) is 11.3 Å². The zero-order chi connectivity index (χ0) is 16.9. The second-order valence-corrected chi connectivity index (χ2v) is 9.60. The van der Waals surface area contributed by atoms with Crippen LogP contribution in [0.25, 0.3) is 0 Å². The summed E-state index contributed by atoms with van der Waals surface area (Å²) in [5, 5.41) is 0. The number of hydrogen-bond donors (Lipinski definition) is 0. The maximum Gasteiger partial charge on any atom is 0.127 e. The van der Waals surface area contributed by atoms with Crippen LogP contribution >= 0.6 is 0 Å². The van der Waals surface area contributed by atoms with Crippen LogP contribution < -0.4 is 0 Å². The molecule has 1 aromatic rings. The van der Waals surface area contributed by atoms with Gasteiger partial charge < -0.3 is 4.90 Å². The molecular weight excluding hydrogens is 297 g/mol. The van der Waals surface area contributed by atoms with E-state index in [0.717, 1.165) is 42.0 Å². The maximum atomic E-state index is 14.4. The summed E-state index contributed by atoms with van der Waals surface area (Å²) in [5.74, 6) is 3.34. The van der Waals surface area contributed by atoms with Gasteiger partial charge in [0.2, 0.25) is 0 Å². The van der Waals surface area contributed by atoms with Crippen LogP contribution in [0, 0.1) is 29.0 Å². The van der Waals surface area contributed by atoms with Crippen LogP contribution in [0.15, 0.2) is 18.2 Å². The molecule has 4 aliphatic rings. The first-order valence-corrected chi connectivity index (χ1v) is 9.89. The molecule has 2 heteroatoms. The highest BCUT2D eigenvalue weighted by molar-refractivity contribution is 5.26. The Labute approximate surface area is 146 Å². The average Bonchev–Trinajstić information content (AvgIpc) is 2.47. The quantitative estimate of drug-likeness (QED) is 0.680. The first-order valence-electron chi connectivity index (χ1n) is 9.89. The molecule has 4 aliphatic carbocycles. The fourth-order valence-corrected chi connectivity index (χ4v) is 6.45. The second-order valence-electron chi connectivity index (χ2n) is 9.60. The minimum Gasteiger partial charge on any atom is -0.301 e. The topological polar surface area (TPSA) is 3.24 Å². The van der Waals surface area contributed by atoms with Gasteiger partial charge in [-0.05, 0) is 86.3 Å². The van der Waals surface area contributed by atoms with E-state index < -0.39 is 0 Å². The van der Waals surface area contributed by atoms with Crippen molar-refractivity contribution in [2.24, 2.45) is 23.2 Å². The van der Waals surface area contributed by atoms with E-state index in [1.807, 2.05) is 6.07 Å². The van der Waals surface area contributed by atoms with Crippen molar-refractivity contribution in [3.05, 3.63) is 35.1 Å². The number of halogens is 1. The highest BCUT2D eigenvalue weighted by Gasteiger charge is 2.50. The van der Waals surface area contributed by atoms with Crippen molar-refractivity contribution in [1.82, 2.24) is 4.90 Å². The Morgan fingerprint density at radius 2 is 1.67 bits per heavy atom. The van der Waals surface area contributed by atoms with Crippen molar-refractivity contribution >= 4 is 0 Å². The van der Waals surface area contributed by atoms with Crippen molar-refractivity contribution in [3.8, 4) is 0 Å². The number of rotatable bonds is 5. The lowest BCUT2D eigenvalue weighted by molar-refractivity contribution is -0.0671. The predicted octanol–water partition coefficient (Wildman–Crippen LogP) is 5.60. The lowest BCUT2D eigenvalue weighted by Gasteiger charge is -2.57. The summed E-state index contributed by atoms with van der Waals surface area (Å²) >= 11 is 0. The van der Waals surface area contributed by atoms with Crippen LogP contribution in [0.2, 0.25) is 0 Å². The van der Waals surface area contributed by atoms with Crippen LogP contribution in [0.4, 0.5) is 4.39 Å². The van der Waals surface area contributed by atoms with Crippen molar-refractivity contribution in [3.63, 3.8) is 0 Å². The summed E-state index contributed by atoms with van der Waals surface area (Å²) in [6, 6.07) is 5.83. The first-order chi connectivity index (χ1) is 11.4. The molecule has 132 valence electrons. The molecule has 24 heavy (non-hydrogen) atoms. The van der Waals surface area contributed by atoms with Crippen molar-refractivity contribution in [2.75, 3.05) is 13.6 Å². The zero-order valence-electron chi connectivity index (χ0n) is 15.5. The van der Waals surface area contributed by atoms with Gasteiger partial charge in [0.15, 0.2) is 0 Å². The molecule has 1 aromatic carbocycles. The van der Waals surface area contributed by atoms with Gasteiger partial charge in [0, 0.05) is 18.7 Å². The van der Waals surface area contributed by atoms with Crippen LogP contribution in [0.1, 0.15) is 69.4 Å². The van der Waals surface area contributed by atoms with Crippen LogP contribution in [-0.4, -0.2) is 18.5 Å². The van der Waals surface area contributed by atoms with Crippen LogP contribution in [0.3, 0.4) is 0 Å². The third kappa shape index (κ3) is 3.14. The summed E-state index contributed by atoms with van der Waals surface area (Å²) in [4.78, 5) is 2.39. The van der Waals surface area contributed by atoms with E-state index in [2.05, 4.69) is 31.9 Å². The first kappa shape index (κ1) is 16.6. The van der Waals surface area contributed by atoms with Gasteiger partial charge in [-0.15, -0.1) is 0 Å². The Morgan fingerprint density at radius 1 is 1.08 bits per heavy atom. The van der Waals surface area contributed by atoms with E-state index in [-0.39, 0.29) is 5.82 Å². The molecule has 0 aliphatic heterocycles. The molecule has 0 atom stereocenters. The van der Waals surface area contributed by atoms with E-state index >= 15 is 0 Å². The molecule has 0 amide bonds. The van der Waals surface area contributed by atoms with E-state index in [1.165, 1.54) is 38.5 Å². The SMILES string of the molecule is CC(C)c1ccc(CN(C)CC23CC4CC(CC(C4)C2)C3)c(F)c1. The Morgan fingerprint density at radius 3 is 2.17 bits per heavy atom. The van der Waals surface area contributed by atoms with Gasteiger partial charge in [0.05, 0.1) is 0 Å². The predicted molar refractivity (Wildman–Crippen MR) is 97.4 cm³/mol. The maximum absolute atomic E-state index is 14.4. The van der Waals surface area contributed by atoms with Crippen molar-refractivity contribution < 1.29 is 4.39 Å². The third-order valence-corrected chi connectivity index (χ3v) is 6.95. The average molecular weight is 330 g/mol. The van der Waals surface area contributed by atoms with E-state index in [1.54, 1.807) is 6.07 Å². The van der Waals surface area contributed by atoms with Crippen LogP contribution in [-0.2, 0) is 6.54 Å². The minimum atomic E-state index is -0.0291. The lowest BCUT2D eigenvalue weighted by Crippen LogP contribution is -2.50. The second kappa shape index (κ2) is 6.12. The van der Waals surface area contributed by atoms with Gasteiger partial charge in [0.25, 0.3) is 0 Å². The number of hydrogen-bond acceptors (Lipinski definition) is 1. The third-order valence-electron chi connectivity index (χ3n) is 6.95. The van der Waals surface area contributed by atoms with Gasteiger partial charge in [-0.1, -0.05) is 26.0 Å². The van der Waals surface area contributed by atoms with Gasteiger partial charge in [-0.25, -0.2) is 4.39 Å². The molecule has 0 aromatic heterocycles. The summed E-state index contributed by atoms with van der Waals surface area (Å²) < 4.78 is 14.4. The molecule has 0 N–H and O–H groups in total. The van der Waals surface area contributed by atoms with Gasteiger partial charge in [0.1, 0.15) is 5.82 Å². The van der Waals surface area contributed by atoms with Gasteiger partial charge in [-0.2, -0.15) is 0 Å². The highest BCUT2D eigenvalue weighted by Crippen LogP contribution is 2.60. The minimum absolute atomic E-state index is 0.0291. The normalized spacial score (nSPS) is 34.5. The summed E-state index contributed by atoms with van der Waals surface area (Å²) in [5.41, 5.74) is 2.49. The smallest absolute Gasteiger partial charge is 0.127 e. The molecule has 4 saturated carbocycles. The Kier molecular flexibility index (Phi) is 4.23. The number of benzene rings is 1. The van der Waals surface area contributed by atoms with Gasteiger partial charge in [-0.3, -0.25) is 0 Å². The molecule has 0 radical (unpaired) electrons. The van der Waals surface area contributed by atoms with Crippen molar-refractivity contribution in [1.29, 1.82) is 0 Å². The highest BCUT2D eigenvalue weighted by atomic mass is 19.1. The van der Waals surface area contributed by atoms with Crippen molar-refractivity contribution in [2.45, 2.75) is 64.8 Å².